The summed E-state index contributed by atoms with van der Waals surface area (Å²) in [5, 5.41) is 143. The van der Waals surface area contributed by atoms with Crippen LogP contribution in [0.3, 0.4) is 0 Å². The smallest absolute Gasteiger partial charge is 0.335 e. The monoisotopic (exact) mass is 1130 g/mol. The highest BCUT2D eigenvalue weighted by molar-refractivity contribution is 5.87. The Morgan fingerprint density at radius 1 is 0.658 bits per heavy atom. The molecule has 0 radical (unpaired) electrons. The lowest BCUT2D eigenvalue weighted by Gasteiger charge is -2.72. The topological polar surface area (TPSA) is 388 Å². The number of aliphatic hydroxyl groups excluding tert-OH is 12. The van der Waals surface area contributed by atoms with Crippen molar-refractivity contribution in [3.05, 3.63) is 23.3 Å². The summed E-state index contributed by atoms with van der Waals surface area (Å²) in [6, 6.07) is 0. The van der Waals surface area contributed by atoms with Crippen molar-refractivity contribution in [2.24, 2.45) is 50.2 Å². The molecule has 0 aromatic heterocycles. The summed E-state index contributed by atoms with van der Waals surface area (Å²) >= 11 is 0. The lowest BCUT2D eigenvalue weighted by molar-refractivity contribution is -0.392. The van der Waals surface area contributed by atoms with Gasteiger partial charge in [0.1, 0.15) is 79.4 Å². The normalized spacial score (nSPS) is 50.6. The van der Waals surface area contributed by atoms with Crippen LogP contribution in [-0.2, 0) is 52.3 Å². The van der Waals surface area contributed by atoms with Gasteiger partial charge in [0.25, 0.3) is 0 Å². The van der Waals surface area contributed by atoms with Gasteiger partial charge in [-0.15, -0.1) is 0 Å². The Kier molecular flexibility index (Phi) is 17.8. The van der Waals surface area contributed by atoms with E-state index in [1.165, 1.54) is 6.92 Å². The first-order valence-corrected chi connectivity index (χ1v) is 27.7. The van der Waals surface area contributed by atoms with Crippen LogP contribution in [0.15, 0.2) is 23.3 Å². The SMILES string of the molecule is C/C=C(\C)C(=O)OC1C(OC(C)=O)C2(CO)C(O)CC3(C)C(=CCC4C5(C)CCC(OC6OC(C(=O)O)C(OC7OC(CO)C(O)C(O)C7O)C(O)C6OC6OC(CO)C(O)C(O)C6O)C(C)(CO)C5CCC43C)C2CC1(C)C. The molecule has 79 heavy (non-hydrogen) atoms. The Morgan fingerprint density at radius 2 is 1.24 bits per heavy atom. The molecule has 0 amide bonds. The van der Waals surface area contributed by atoms with Crippen LogP contribution in [0.25, 0.3) is 0 Å². The second-order valence-electron chi connectivity index (χ2n) is 25.5. The maximum atomic E-state index is 13.4. The highest BCUT2D eigenvalue weighted by Crippen LogP contribution is 2.76. The average Bonchev–Trinajstić information content (AvgIpc) is 3.29. The zero-order valence-electron chi connectivity index (χ0n) is 46.4. The second kappa shape index (κ2) is 22.6. The van der Waals surface area contributed by atoms with Gasteiger partial charge in [-0.2, -0.15) is 0 Å². The van der Waals surface area contributed by atoms with Gasteiger partial charge in [-0.05, 0) is 92.8 Å². The highest BCUT2D eigenvalue weighted by Gasteiger charge is 2.74. The van der Waals surface area contributed by atoms with Crippen molar-refractivity contribution >= 4 is 17.9 Å². The predicted molar refractivity (Wildman–Crippen MR) is 269 cm³/mol. The molecule has 0 aromatic rings. The fourth-order valence-electron chi connectivity index (χ4n) is 16.2. The largest absolute Gasteiger partial charge is 0.479 e. The van der Waals surface area contributed by atoms with Crippen molar-refractivity contribution in [3.8, 4) is 0 Å². The van der Waals surface area contributed by atoms with E-state index in [4.69, 9.17) is 37.9 Å². The molecule has 24 nitrogen and oxygen atoms in total. The summed E-state index contributed by atoms with van der Waals surface area (Å²) in [6.45, 7) is 14.1. The summed E-state index contributed by atoms with van der Waals surface area (Å²) in [7, 11) is 0. The zero-order chi connectivity index (χ0) is 58.4. The fraction of sp³-hybridized carbons (Fsp3) is 0.873. The molecule has 8 rings (SSSR count). The molecule has 8 aliphatic rings. The molecular formula is C55H86O24. The minimum atomic E-state index is -2.18. The summed E-state index contributed by atoms with van der Waals surface area (Å²) in [6.07, 6.45) is -26.5. The van der Waals surface area contributed by atoms with Gasteiger partial charge in [-0.1, -0.05) is 59.3 Å². The highest BCUT2D eigenvalue weighted by atomic mass is 16.8. The first-order chi connectivity index (χ1) is 36.9. The van der Waals surface area contributed by atoms with Crippen molar-refractivity contribution in [1.82, 2.24) is 0 Å². The Morgan fingerprint density at radius 3 is 1.76 bits per heavy atom. The molecule has 3 aliphatic heterocycles. The number of ether oxygens (including phenoxy) is 8. The van der Waals surface area contributed by atoms with E-state index in [2.05, 4.69) is 26.8 Å². The Hall–Kier alpha value is -2.83. The average molecular weight is 1130 g/mol. The maximum absolute atomic E-state index is 13.4. The quantitative estimate of drug-likeness (QED) is 0.0415. The number of hydrogen-bond donors (Lipinski definition) is 13. The summed E-state index contributed by atoms with van der Waals surface area (Å²) in [5.74, 6) is -3.88. The van der Waals surface area contributed by atoms with Gasteiger partial charge in [-0.25, -0.2) is 9.59 Å². The van der Waals surface area contributed by atoms with Gasteiger partial charge < -0.3 is 104 Å². The zero-order valence-corrected chi connectivity index (χ0v) is 46.4. The van der Waals surface area contributed by atoms with Crippen molar-refractivity contribution in [2.45, 2.75) is 224 Å². The Labute approximate surface area is 459 Å². The van der Waals surface area contributed by atoms with Gasteiger partial charge in [0.15, 0.2) is 25.0 Å². The van der Waals surface area contributed by atoms with E-state index in [0.717, 1.165) is 5.57 Å². The lowest BCUT2D eigenvalue weighted by Crippen LogP contribution is -2.72. The molecule has 0 aromatic carbocycles. The minimum Gasteiger partial charge on any atom is -0.479 e. The van der Waals surface area contributed by atoms with Crippen LogP contribution >= 0.6 is 0 Å². The molecule has 13 N–H and O–H groups in total. The van der Waals surface area contributed by atoms with E-state index < -0.39 is 199 Å². The molecule has 4 saturated carbocycles. The first-order valence-electron chi connectivity index (χ1n) is 27.7. The van der Waals surface area contributed by atoms with Crippen LogP contribution in [0.2, 0.25) is 0 Å². The van der Waals surface area contributed by atoms with Crippen LogP contribution in [0, 0.1) is 50.2 Å². The third-order valence-electron chi connectivity index (χ3n) is 21.1. The van der Waals surface area contributed by atoms with Crippen molar-refractivity contribution in [1.29, 1.82) is 0 Å². The fourth-order valence-corrected chi connectivity index (χ4v) is 16.2. The Balaban J connectivity index is 1.12. The number of aliphatic hydroxyl groups is 12. The molecule has 3 saturated heterocycles. The number of hydrogen-bond acceptors (Lipinski definition) is 23. The minimum absolute atomic E-state index is 0.0849. The van der Waals surface area contributed by atoms with E-state index in [0.29, 0.717) is 37.7 Å². The number of carbonyl (C=O) groups excluding carboxylic acids is 2. The maximum Gasteiger partial charge on any atom is 0.335 e. The molecule has 0 bridgehead atoms. The molecule has 450 valence electrons. The molecule has 27 atom stereocenters. The molecule has 5 aliphatic carbocycles. The Bertz CT molecular complexity index is 2290. The molecule has 27 unspecified atom stereocenters. The lowest BCUT2D eigenvalue weighted by atomic mass is 9.33. The third-order valence-corrected chi connectivity index (χ3v) is 21.1. The molecule has 0 spiro atoms. The van der Waals surface area contributed by atoms with Crippen LogP contribution < -0.4 is 0 Å². The number of aliphatic carboxylic acids is 1. The number of carbonyl (C=O) groups is 3. The van der Waals surface area contributed by atoms with Crippen LogP contribution in [0.5, 0.6) is 0 Å². The number of rotatable bonds is 14. The number of fused-ring (bicyclic) bond motifs is 7. The standard InChI is InChI=1S/C55H86O24/c1-10-23(2)46(71)79-43-44(72-24(3)60)55(22-59)26(17-50(43,4)5)25-11-12-30-51(6)15-14-32(52(7,21-58)29(51)13-16-53(30,8)54(25,9)18-31(55)61)75-49-41(77-48-38(67)36(65)34(63)28(20-57)74-48)39(68)40(42(78-49)45(69)70)76-47-37(66)35(64)33(62)27(19-56)73-47/h10-11,26-44,47-49,56-59,61-68H,12-22H2,1-9H3,(H,69,70)/b23-10+. The number of allylic oxidation sites excluding steroid dienone is 3. The van der Waals surface area contributed by atoms with Crippen molar-refractivity contribution in [2.75, 3.05) is 26.4 Å². The summed E-state index contributed by atoms with van der Waals surface area (Å²) in [4.78, 5) is 39.5. The predicted octanol–water partition coefficient (Wildman–Crippen LogP) is -1.32. The number of carboxylic acids is 1. The van der Waals surface area contributed by atoms with E-state index in [-0.39, 0.29) is 24.7 Å². The van der Waals surface area contributed by atoms with Crippen LogP contribution in [0.1, 0.15) is 107 Å². The number of carboxylic acid groups (broad SMARTS) is 1. The van der Waals surface area contributed by atoms with E-state index in [1.807, 2.05) is 20.8 Å². The first kappa shape index (κ1) is 62.2. The van der Waals surface area contributed by atoms with E-state index in [9.17, 15) is 80.8 Å². The van der Waals surface area contributed by atoms with Gasteiger partial charge in [0.2, 0.25) is 0 Å². The summed E-state index contributed by atoms with van der Waals surface area (Å²) < 4.78 is 48.2. The molecular weight excluding hydrogens is 1040 g/mol. The van der Waals surface area contributed by atoms with E-state index in [1.54, 1.807) is 19.9 Å². The van der Waals surface area contributed by atoms with Gasteiger partial charge >= 0.3 is 17.9 Å². The summed E-state index contributed by atoms with van der Waals surface area (Å²) in [5.41, 5.74) is -3.78. The third kappa shape index (κ3) is 9.94. The van der Waals surface area contributed by atoms with Crippen LogP contribution in [-0.4, -0.2) is 227 Å². The van der Waals surface area contributed by atoms with Crippen molar-refractivity contribution < 1.29 is 119 Å². The van der Waals surface area contributed by atoms with Crippen LogP contribution in [0.4, 0.5) is 0 Å². The molecule has 7 fully saturated rings. The molecule has 24 heteroatoms. The number of esters is 2. The van der Waals surface area contributed by atoms with Crippen molar-refractivity contribution in [3.63, 3.8) is 0 Å². The van der Waals surface area contributed by atoms with E-state index >= 15 is 0 Å². The van der Waals surface area contributed by atoms with Gasteiger partial charge in [-0.3, -0.25) is 4.79 Å². The second-order valence-corrected chi connectivity index (χ2v) is 25.5. The van der Waals surface area contributed by atoms with Gasteiger partial charge in [0, 0.05) is 23.3 Å². The van der Waals surface area contributed by atoms with Gasteiger partial charge in [0.05, 0.1) is 44.1 Å². The molecule has 3 heterocycles.